The number of carbonyl (C=O) groups excluding carboxylic acids is 1. The summed E-state index contributed by atoms with van der Waals surface area (Å²) in [5.74, 6) is 0.200. The van der Waals surface area contributed by atoms with Crippen molar-refractivity contribution in [2.45, 2.75) is 44.0 Å². The number of ether oxygens (including phenoxy) is 1. The van der Waals surface area contributed by atoms with E-state index < -0.39 is 0 Å². The summed E-state index contributed by atoms with van der Waals surface area (Å²) < 4.78 is 4.83. The van der Waals surface area contributed by atoms with Gasteiger partial charge in [-0.15, -0.1) is 11.8 Å². The lowest BCUT2D eigenvalue weighted by Crippen LogP contribution is -2.28. The van der Waals surface area contributed by atoms with E-state index in [1.54, 1.807) is 6.92 Å². The highest BCUT2D eigenvalue weighted by molar-refractivity contribution is 8.00. The van der Waals surface area contributed by atoms with Crippen molar-refractivity contribution in [3.63, 3.8) is 0 Å². The summed E-state index contributed by atoms with van der Waals surface area (Å²) >= 11 is 1.53. The highest BCUT2D eigenvalue weighted by Crippen LogP contribution is 2.28. The van der Waals surface area contributed by atoms with E-state index in [1.807, 2.05) is 0 Å². The third kappa shape index (κ3) is 3.88. The summed E-state index contributed by atoms with van der Waals surface area (Å²) in [6, 6.07) is 0. The Kier molecular flexibility index (Phi) is 5.33. The van der Waals surface area contributed by atoms with Gasteiger partial charge in [-0.05, 0) is 19.8 Å². The summed E-state index contributed by atoms with van der Waals surface area (Å²) in [4.78, 5) is 11.1. The molecule has 2 atom stereocenters. The largest absolute Gasteiger partial charge is 0.465 e. The minimum atomic E-state index is -0.233. The molecule has 14 heavy (non-hydrogen) atoms. The van der Waals surface area contributed by atoms with Crippen molar-refractivity contribution in [2.75, 3.05) is 12.4 Å². The third-order valence-electron chi connectivity index (χ3n) is 2.39. The molecule has 0 aromatic heterocycles. The van der Waals surface area contributed by atoms with Crippen LogP contribution in [0.15, 0.2) is 0 Å². The minimum absolute atomic E-state index is 0.171. The summed E-state index contributed by atoms with van der Waals surface area (Å²) in [7, 11) is 0. The number of rotatable bonds is 4. The zero-order valence-corrected chi connectivity index (χ0v) is 9.39. The molecule has 0 aliphatic heterocycles. The molecule has 0 bridgehead atoms. The SMILES string of the molecule is CCOC(=O)CSC1CCCC[C@@H]1O. The van der Waals surface area contributed by atoms with Crippen molar-refractivity contribution in [3.8, 4) is 0 Å². The molecule has 0 amide bonds. The molecular formula is C10H18O3S. The maximum absolute atomic E-state index is 11.1. The van der Waals surface area contributed by atoms with Crippen molar-refractivity contribution in [3.05, 3.63) is 0 Å². The Hall–Kier alpha value is -0.220. The first-order valence-corrected chi connectivity index (χ1v) is 6.24. The average molecular weight is 218 g/mol. The lowest BCUT2D eigenvalue weighted by atomic mass is 9.97. The van der Waals surface area contributed by atoms with Crippen LogP contribution in [-0.2, 0) is 9.53 Å². The van der Waals surface area contributed by atoms with Crippen LogP contribution in [0, 0.1) is 0 Å². The number of aliphatic hydroxyl groups is 1. The molecule has 82 valence electrons. The van der Waals surface area contributed by atoms with E-state index in [1.165, 1.54) is 11.8 Å². The van der Waals surface area contributed by atoms with E-state index in [0.717, 1.165) is 25.7 Å². The number of aliphatic hydroxyl groups excluding tert-OH is 1. The molecule has 0 heterocycles. The van der Waals surface area contributed by atoms with Crippen LogP contribution in [-0.4, -0.2) is 34.8 Å². The van der Waals surface area contributed by atoms with Crippen molar-refractivity contribution in [1.82, 2.24) is 0 Å². The molecule has 1 fully saturated rings. The van der Waals surface area contributed by atoms with Crippen LogP contribution in [0.25, 0.3) is 0 Å². The fraction of sp³-hybridized carbons (Fsp3) is 0.900. The molecule has 0 saturated heterocycles. The summed E-state index contributed by atoms with van der Waals surface area (Å²) in [6.07, 6.45) is 3.93. The molecule has 1 saturated carbocycles. The number of hydrogen-bond acceptors (Lipinski definition) is 4. The van der Waals surface area contributed by atoms with Crippen molar-refractivity contribution in [1.29, 1.82) is 0 Å². The van der Waals surface area contributed by atoms with Gasteiger partial charge < -0.3 is 9.84 Å². The van der Waals surface area contributed by atoms with E-state index in [2.05, 4.69) is 0 Å². The van der Waals surface area contributed by atoms with Gasteiger partial charge in [0.25, 0.3) is 0 Å². The number of hydrogen-bond donors (Lipinski definition) is 1. The van der Waals surface area contributed by atoms with Crippen LogP contribution < -0.4 is 0 Å². The Morgan fingerprint density at radius 1 is 1.50 bits per heavy atom. The van der Waals surface area contributed by atoms with Crippen molar-refractivity contribution < 1.29 is 14.6 Å². The lowest BCUT2D eigenvalue weighted by Gasteiger charge is -2.26. The molecule has 1 N–H and O–H groups in total. The zero-order chi connectivity index (χ0) is 10.4. The molecular weight excluding hydrogens is 200 g/mol. The topological polar surface area (TPSA) is 46.5 Å². The van der Waals surface area contributed by atoms with E-state index in [0.29, 0.717) is 12.4 Å². The smallest absolute Gasteiger partial charge is 0.315 e. The van der Waals surface area contributed by atoms with Crippen LogP contribution in [0.4, 0.5) is 0 Å². The van der Waals surface area contributed by atoms with Gasteiger partial charge in [0.2, 0.25) is 0 Å². The van der Waals surface area contributed by atoms with Crippen LogP contribution >= 0.6 is 11.8 Å². The first-order chi connectivity index (χ1) is 6.74. The molecule has 0 spiro atoms. The molecule has 0 radical (unpaired) electrons. The second-order valence-electron chi connectivity index (χ2n) is 3.51. The van der Waals surface area contributed by atoms with Gasteiger partial charge in [0.1, 0.15) is 0 Å². The Morgan fingerprint density at radius 2 is 2.21 bits per heavy atom. The Bertz CT molecular complexity index is 184. The first kappa shape index (κ1) is 11.9. The van der Waals surface area contributed by atoms with Crippen molar-refractivity contribution in [2.24, 2.45) is 0 Å². The Labute approximate surface area is 89.2 Å². The van der Waals surface area contributed by atoms with E-state index in [4.69, 9.17) is 4.74 Å². The fourth-order valence-corrected chi connectivity index (χ4v) is 2.77. The highest BCUT2D eigenvalue weighted by atomic mass is 32.2. The van der Waals surface area contributed by atoms with Gasteiger partial charge in [0.15, 0.2) is 0 Å². The number of thioether (sulfide) groups is 1. The predicted octanol–water partition coefficient (Wildman–Crippen LogP) is 1.59. The maximum atomic E-state index is 11.1. The summed E-state index contributed by atoms with van der Waals surface area (Å²) in [5, 5.41) is 9.87. The van der Waals surface area contributed by atoms with Crippen LogP contribution in [0.5, 0.6) is 0 Å². The van der Waals surface area contributed by atoms with Gasteiger partial charge in [-0.1, -0.05) is 12.8 Å². The molecule has 1 aliphatic carbocycles. The van der Waals surface area contributed by atoms with E-state index in [-0.39, 0.29) is 17.3 Å². The van der Waals surface area contributed by atoms with Gasteiger partial charge in [-0.2, -0.15) is 0 Å². The molecule has 3 nitrogen and oxygen atoms in total. The Morgan fingerprint density at radius 3 is 2.86 bits per heavy atom. The van der Waals surface area contributed by atoms with Crippen LogP contribution in [0.3, 0.4) is 0 Å². The maximum Gasteiger partial charge on any atom is 0.315 e. The zero-order valence-electron chi connectivity index (χ0n) is 8.57. The first-order valence-electron chi connectivity index (χ1n) is 5.19. The molecule has 1 rings (SSSR count). The Balaban J connectivity index is 2.19. The molecule has 1 aliphatic rings. The normalized spacial score (nSPS) is 27.3. The third-order valence-corrected chi connectivity index (χ3v) is 3.77. The van der Waals surface area contributed by atoms with Gasteiger partial charge in [0, 0.05) is 5.25 Å². The van der Waals surface area contributed by atoms with E-state index in [9.17, 15) is 9.90 Å². The minimum Gasteiger partial charge on any atom is -0.465 e. The van der Waals surface area contributed by atoms with Crippen molar-refractivity contribution >= 4 is 17.7 Å². The number of esters is 1. The second-order valence-corrected chi connectivity index (χ2v) is 4.73. The van der Waals surface area contributed by atoms with Crippen LogP contribution in [0.1, 0.15) is 32.6 Å². The van der Waals surface area contributed by atoms with E-state index >= 15 is 0 Å². The fourth-order valence-electron chi connectivity index (χ4n) is 1.65. The average Bonchev–Trinajstić information content (AvgIpc) is 2.17. The quantitative estimate of drug-likeness (QED) is 0.728. The molecule has 0 aromatic rings. The molecule has 0 aromatic carbocycles. The standard InChI is InChI=1S/C10H18O3S/c1-2-13-10(12)7-14-9-6-4-3-5-8(9)11/h8-9,11H,2-7H2,1H3/t8-,9?/m0/s1. The summed E-state index contributed by atoms with van der Waals surface area (Å²) in [6.45, 7) is 2.24. The van der Waals surface area contributed by atoms with Gasteiger partial charge >= 0.3 is 5.97 Å². The highest BCUT2D eigenvalue weighted by Gasteiger charge is 2.24. The number of carbonyl (C=O) groups is 1. The monoisotopic (exact) mass is 218 g/mol. The lowest BCUT2D eigenvalue weighted by molar-refractivity contribution is -0.139. The van der Waals surface area contributed by atoms with Crippen LogP contribution in [0.2, 0.25) is 0 Å². The summed E-state index contributed by atoms with van der Waals surface area (Å²) in [5.41, 5.74) is 0. The predicted molar refractivity (Wildman–Crippen MR) is 57.4 cm³/mol. The molecule has 1 unspecified atom stereocenters. The van der Waals surface area contributed by atoms with Gasteiger partial charge in [-0.25, -0.2) is 0 Å². The molecule has 4 heteroatoms. The second kappa shape index (κ2) is 6.30. The van der Waals surface area contributed by atoms with Gasteiger partial charge in [-0.3, -0.25) is 4.79 Å². The van der Waals surface area contributed by atoms with Gasteiger partial charge in [0.05, 0.1) is 18.5 Å².